The van der Waals surface area contributed by atoms with Crippen LogP contribution in [0, 0.1) is 17.8 Å². The predicted molar refractivity (Wildman–Crippen MR) is 135 cm³/mol. The van der Waals surface area contributed by atoms with Crippen molar-refractivity contribution < 1.29 is 17.9 Å². The topological polar surface area (TPSA) is 101 Å². The Bertz CT molecular complexity index is 1210. The second kappa shape index (κ2) is 9.97. The van der Waals surface area contributed by atoms with Crippen LogP contribution in [0.25, 0.3) is 0 Å². The highest BCUT2D eigenvalue weighted by atomic mass is 32.2. The molecular formula is C26H34N4O4S. The number of nitrogens with zero attached hydrogens (tertiary/aromatic N) is 3. The van der Waals surface area contributed by atoms with E-state index >= 15 is 0 Å². The summed E-state index contributed by atoms with van der Waals surface area (Å²) >= 11 is 0. The lowest BCUT2D eigenvalue weighted by Crippen LogP contribution is -2.43. The van der Waals surface area contributed by atoms with Gasteiger partial charge in [0, 0.05) is 24.3 Å². The van der Waals surface area contributed by atoms with Gasteiger partial charge in [0.2, 0.25) is 5.88 Å². The molecule has 3 atom stereocenters. The second-order valence-corrected chi connectivity index (χ2v) is 11.7. The summed E-state index contributed by atoms with van der Waals surface area (Å²) in [5.41, 5.74) is 0.00572. The van der Waals surface area contributed by atoms with Gasteiger partial charge in [0.25, 0.3) is 15.9 Å². The molecule has 4 rings (SSSR count). The third-order valence-electron chi connectivity index (χ3n) is 7.54. The van der Waals surface area contributed by atoms with E-state index in [1.54, 1.807) is 30.5 Å². The molecule has 1 fully saturated rings. The summed E-state index contributed by atoms with van der Waals surface area (Å²) in [6, 6.07) is 7.77. The van der Waals surface area contributed by atoms with Crippen molar-refractivity contribution >= 4 is 21.7 Å². The number of carbonyl (C=O) groups excluding carboxylic acids is 1. The highest BCUT2D eigenvalue weighted by Gasteiger charge is 2.40. The molecule has 1 saturated heterocycles. The molecule has 1 N–H and O–H groups in total. The molecule has 0 aromatic carbocycles. The zero-order valence-electron chi connectivity index (χ0n) is 20.8. The Labute approximate surface area is 207 Å². The molecule has 9 heteroatoms. The fourth-order valence-corrected chi connectivity index (χ4v) is 5.61. The van der Waals surface area contributed by atoms with Gasteiger partial charge in [-0.15, -0.1) is 0 Å². The molecule has 3 unspecified atom stereocenters. The van der Waals surface area contributed by atoms with Crippen molar-refractivity contribution in [1.29, 1.82) is 0 Å². The van der Waals surface area contributed by atoms with Gasteiger partial charge >= 0.3 is 0 Å². The monoisotopic (exact) mass is 498 g/mol. The number of allylic oxidation sites excluding steroid dienone is 2. The Morgan fingerprint density at radius 2 is 1.94 bits per heavy atom. The van der Waals surface area contributed by atoms with Gasteiger partial charge < -0.3 is 9.64 Å². The number of carbonyl (C=O) groups is 1. The molecule has 3 heterocycles. The van der Waals surface area contributed by atoms with E-state index in [4.69, 9.17) is 4.74 Å². The Hall–Kier alpha value is -2.94. The highest BCUT2D eigenvalue weighted by Crippen LogP contribution is 2.38. The van der Waals surface area contributed by atoms with Gasteiger partial charge in [0.05, 0.1) is 12.2 Å². The lowest BCUT2D eigenvalue weighted by atomic mass is 9.85. The van der Waals surface area contributed by atoms with E-state index in [1.165, 1.54) is 6.07 Å². The third-order valence-corrected chi connectivity index (χ3v) is 8.77. The largest absolute Gasteiger partial charge is 0.477 e. The number of aromatic nitrogens is 2. The van der Waals surface area contributed by atoms with Crippen LogP contribution in [-0.4, -0.2) is 43.0 Å². The smallest absolute Gasteiger partial charge is 0.281 e. The average molecular weight is 499 g/mol. The number of nitrogens with one attached hydrogen (secondary N) is 1. The molecular weight excluding hydrogens is 464 g/mol. The van der Waals surface area contributed by atoms with E-state index in [1.807, 2.05) is 0 Å². The van der Waals surface area contributed by atoms with Crippen LogP contribution < -0.4 is 14.4 Å². The van der Waals surface area contributed by atoms with Gasteiger partial charge in [-0.3, -0.25) is 4.79 Å². The van der Waals surface area contributed by atoms with E-state index in [0.717, 1.165) is 25.8 Å². The van der Waals surface area contributed by atoms with Crippen molar-refractivity contribution in [2.75, 3.05) is 18.1 Å². The van der Waals surface area contributed by atoms with Crippen LogP contribution in [0.2, 0.25) is 0 Å². The van der Waals surface area contributed by atoms with Crippen molar-refractivity contribution in [3.8, 4) is 5.88 Å². The molecule has 0 radical (unpaired) electrons. The number of amides is 1. The fraction of sp³-hybridized carbons (Fsp3) is 0.500. The van der Waals surface area contributed by atoms with Gasteiger partial charge in [-0.05, 0) is 69.1 Å². The second-order valence-electron chi connectivity index (χ2n) is 10.1. The molecule has 1 amide bonds. The number of rotatable bonds is 7. The number of hydrogen-bond donors (Lipinski definition) is 1. The summed E-state index contributed by atoms with van der Waals surface area (Å²) in [6.07, 6.45) is 8.84. The lowest BCUT2D eigenvalue weighted by Gasteiger charge is -2.36. The first-order valence-corrected chi connectivity index (χ1v) is 13.6. The number of sulfonamides is 1. The standard InChI is InChI=1S/C26H34N4O4S/c1-18-9-5-6-10-20(18)17-34-22-12-7-13-23(28-22)35(32,33)29-25(31)21-11-8-15-27-24(21)30-16-14-19(2)26(30,3)4/h5-8,11-13,15,18-20H,9-10,14,16-17H2,1-4H3,(H,29,31). The van der Waals surface area contributed by atoms with Crippen LogP contribution >= 0.6 is 0 Å². The fourth-order valence-electron chi connectivity index (χ4n) is 4.68. The van der Waals surface area contributed by atoms with Gasteiger partial charge in [0.1, 0.15) is 5.82 Å². The Morgan fingerprint density at radius 3 is 2.66 bits per heavy atom. The van der Waals surface area contributed by atoms with Crippen molar-refractivity contribution in [2.45, 2.75) is 57.5 Å². The summed E-state index contributed by atoms with van der Waals surface area (Å²) in [6.45, 7) is 9.76. The molecule has 0 spiro atoms. The number of anilines is 1. The predicted octanol–water partition coefficient (Wildman–Crippen LogP) is 4.20. The summed E-state index contributed by atoms with van der Waals surface area (Å²) in [4.78, 5) is 23.8. The minimum Gasteiger partial charge on any atom is -0.477 e. The lowest BCUT2D eigenvalue weighted by molar-refractivity contribution is 0.0981. The van der Waals surface area contributed by atoms with Crippen LogP contribution in [0.15, 0.2) is 53.7 Å². The molecule has 2 aliphatic rings. The Morgan fingerprint density at radius 1 is 1.17 bits per heavy atom. The van der Waals surface area contributed by atoms with Crippen LogP contribution in [0.4, 0.5) is 5.82 Å². The number of hydrogen-bond acceptors (Lipinski definition) is 7. The van der Waals surface area contributed by atoms with E-state index < -0.39 is 15.9 Å². The molecule has 0 bridgehead atoms. The maximum atomic E-state index is 13.1. The molecule has 8 nitrogen and oxygen atoms in total. The Balaban J connectivity index is 1.50. The molecule has 35 heavy (non-hydrogen) atoms. The maximum Gasteiger partial charge on any atom is 0.281 e. The minimum atomic E-state index is -4.21. The first-order valence-electron chi connectivity index (χ1n) is 12.1. The third kappa shape index (κ3) is 5.34. The molecule has 2 aromatic rings. The zero-order valence-corrected chi connectivity index (χ0v) is 21.6. The molecule has 0 saturated carbocycles. The van der Waals surface area contributed by atoms with Crippen LogP contribution in [0.1, 0.15) is 57.3 Å². The van der Waals surface area contributed by atoms with Crippen LogP contribution in [0.3, 0.4) is 0 Å². The van der Waals surface area contributed by atoms with E-state index in [2.05, 4.69) is 59.4 Å². The van der Waals surface area contributed by atoms with Crippen LogP contribution in [0.5, 0.6) is 5.88 Å². The average Bonchev–Trinajstić information content (AvgIpc) is 3.10. The van der Waals surface area contributed by atoms with Gasteiger partial charge in [0.15, 0.2) is 5.03 Å². The van der Waals surface area contributed by atoms with Crippen molar-refractivity contribution in [3.05, 3.63) is 54.2 Å². The highest BCUT2D eigenvalue weighted by molar-refractivity contribution is 7.90. The van der Waals surface area contributed by atoms with E-state index in [0.29, 0.717) is 30.2 Å². The van der Waals surface area contributed by atoms with Gasteiger partial charge in [-0.25, -0.2) is 9.71 Å². The number of pyridine rings is 2. The molecule has 1 aliphatic heterocycles. The minimum absolute atomic E-state index is 0.207. The molecule has 1 aliphatic carbocycles. The maximum absolute atomic E-state index is 13.1. The van der Waals surface area contributed by atoms with Crippen molar-refractivity contribution in [1.82, 2.24) is 14.7 Å². The summed E-state index contributed by atoms with van der Waals surface area (Å²) in [7, 11) is -4.21. The first kappa shape index (κ1) is 25.2. The van der Waals surface area contributed by atoms with Gasteiger partial charge in [-0.1, -0.05) is 32.1 Å². The number of ether oxygens (including phenoxy) is 1. The molecule has 2 aromatic heterocycles. The normalized spacial score (nSPS) is 23.8. The summed E-state index contributed by atoms with van der Waals surface area (Å²) < 4.78 is 34.1. The van der Waals surface area contributed by atoms with Gasteiger partial charge in [-0.2, -0.15) is 13.4 Å². The molecule has 188 valence electrons. The van der Waals surface area contributed by atoms with Crippen LogP contribution in [-0.2, 0) is 10.0 Å². The van der Waals surface area contributed by atoms with Crippen molar-refractivity contribution in [3.63, 3.8) is 0 Å². The zero-order chi connectivity index (χ0) is 25.2. The summed E-state index contributed by atoms with van der Waals surface area (Å²) in [5.74, 6) is 1.21. The first-order chi connectivity index (χ1) is 16.6. The quantitative estimate of drug-likeness (QED) is 0.571. The van der Waals surface area contributed by atoms with E-state index in [-0.39, 0.29) is 22.0 Å². The SMILES string of the molecule is CC1CC=CCC1COc1cccc(S(=O)(=O)NC(=O)c2cccnc2N2CCC(C)C2(C)C)n1. The van der Waals surface area contributed by atoms with Crippen molar-refractivity contribution in [2.24, 2.45) is 17.8 Å². The summed E-state index contributed by atoms with van der Waals surface area (Å²) in [5, 5.41) is -0.263. The van der Waals surface area contributed by atoms with E-state index in [9.17, 15) is 13.2 Å². The Kier molecular flexibility index (Phi) is 7.17.